The lowest BCUT2D eigenvalue weighted by Gasteiger charge is -2.26. The van der Waals surface area contributed by atoms with E-state index >= 15 is 0 Å². The second kappa shape index (κ2) is 3.96. The molecule has 0 atom stereocenters. The maximum atomic E-state index is 12.0. The quantitative estimate of drug-likeness (QED) is 0.784. The molecule has 0 spiro atoms. The van der Waals surface area contributed by atoms with Crippen molar-refractivity contribution in [2.24, 2.45) is 0 Å². The van der Waals surface area contributed by atoms with Gasteiger partial charge in [0.15, 0.2) is 0 Å². The number of hydrogen-bond donors (Lipinski definition) is 1. The highest BCUT2D eigenvalue weighted by atomic mass is 16.2. The van der Waals surface area contributed by atoms with Crippen LogP contribution in [0.1, 0.15) is 31.2 Å². The van der Waals surface area contributed by atoms with Crippen molar-refractivity contribution >= 4 is 5.91 Å². The summed E-state index contributed by atoms with van der Waals surface area (Å²) in [6.45, 7) is 0. The average molecular weight is 205 g/mol. The third-order valence-electron chi connectivity index (χ3n) is 3.23. The molecule has 4 heteroatoms. The predicted molar refractivity (Wildman–Crippen MR) is 56.2 cm³/mol. The van der Waals surface area contributed by atoms with Crippen LogP contribution in [0, 0.1) is 0 Å². The average Bonchev–Trinajstić information content (AvgIpc) is 2.79. The summed E-state index contributed by atoms with van der Waals surface area (Å²) in [5, 5.41) is 2.75. The number of nitrogens with zero attached hydrogens (tertiary/aromatic N) is 2. The normalized spacial score (nSPS) is 18.7. The lowest BCUT2D eigenvalue weighted by Crippen LogP contribution is -2.41. The molecule has 1 aliphatic rings. The van der Waals surface area contributed by atoms with Gasteiger partial charge in [-0.15, -0.1) is 0 Å². The van der Waals surface area contributed by atoms with E-state index in [1.165, 1.54) is 6.33 Å². The Hall–Kier alpha value is -1.45. The summed E-state index contributed by atoms with van der Waals surface area (Å²) in [6.07, 6.45) is 9.02. The Labute approximate surface area is 89.1 Å². The third kappa shape index (κ3) is 1.60. The molecule has 1 aromatic heterocycles. The summed E-state index contributed by atoms with van der Waals surface area (Å²) in [4.78, 5) is 20.0. The molecule has 1 saturated carbocycles. The van der Waals surface area contributed by atoms with Crippen LogP contribution in [0.5, 0.6) is 0 Å². The van der Waals surface area contributed by atoms with Crippen LogP contribution in [0.4, 0.5) is 0 Å². The Balaban J connectivity index is 2.39. The number of aromatic nitrogens is 2. The molecule has 4 nitrogen and oxygen atoms in total. The zero-order valence-electron chi connectivity index (χ0n) is 8.86. The maximum Gasteiger partial charge on any atom is 0.230 e. The van der Waals surface area contributed by atoms with Gasteiger partial charge in [-0.1, -0.05) is 12.8 Å². The van der Waals surface area contributed by atoms with E-state index in [-0.39, 0.29) is 11.3 Å². The predicted octanol–water partition coefficient (Wildman–Crippen LogP) is 1.03. The van der Waals surface area contributed by atoms with Gasteiger partial charge in [-0.25, -0.2) is 9.97 Å². The van der Waals surface area contributed by atoms with E-state index in [1.807, 2.05) is 0 Å². The number of rotatable bonds is 2. The molecule has 1 N–H and O–H groups in total. The summed E-state index contributed by atoms with van der Waals surface area (Å²) in [5.41, 5.74) is 0.567. The SMILES string of the molecule is CNC(=O)C1(c2cncnc2)CCCC1. The van der Waals surface area contributed by atoms with Crippen molar-refractivity contribution in [3.05, 3.63) is 24.3 Å². The molecule has 0 bridgehead atoms. The molecule has 1 fully saturated rings. The monoisotopic (exact) mass is 205 g/mol. The molecule has 0 aromatic carbocycles. The third-order valence-corrected chi connectivity index (χ3v) is 3.23. The molecule has 2 rings (SSSR count). The topological polar surface area (TPSA) is 54.9 Å². The molecular weight excluding hydrogens is 190 g/mol. The van der Waals surface area contributed by atoms with Crippen molar-refractivity contribution in [2.75, 3.05) is 7.05 Å². The first-order chi connectivity index (χ1) is 7.29. The fraction of sp³-hybridized carbons (Fsp3) is 0.545. The Morgan fingerprint density at radius 2 is 1.93 bits per heavy atom. The van der Waals surface area contributed by atoms with Crippen LogP contribution in [-0.2, 0) is 10.2 Å². The lowest BCUT2D eigenvalue weighted by atomic mass is 9.79. The van der Waals surface area contributed by atoms with Crippen LogP contribution < -0.4 is 5.32 Å². The number of carbonyl (C=O) groups is 1. The molecule has 80 valence electrons. The van der Waals surface area contributed by atoms with Gasteiger partial charge >= 0.3 is 0 Å². The van der Waals surface area contributed by atoms with Crippen molar-refractivity contribution in [1.29, 1.82) is 0 Å². The van der Waals surface area contributed by atoms with Gasteiger partial charge < -0.3 is 5.32 Å². The van der Waals surface area contributed by atoms with Gasteiger partial charge in [-0.05, 0) is 12.8 Å². The van der Waals surface area contributed by atoms with E-state index in [9.17, 15) is 4.79 Å². The molecule has 0 aliphatic heterocycles. The van der Waals surface area contributed by atoms with Crippen LogP contribution in [0.15, 0.2) is 18.7 Å². The van der Waals surface area contributed by atoms with Crippen LogP contribution in [-0.4, -0.2) is 22.9 Å². The molecule has 1 heterocycles. The number of amides is 1. The van der Waals surface area contributed by atoms with E-state index in [4.69, 9.17) is 0 Å². The number of carbonyl (C=O) groups excluding carboxylic acids is 1. The standard InChI is InChI=1S/C11H15N3O/c1-12-10(15)11(4-2-3-5-11)9-6-13-8-14-7-9/h6-8H,2-5H2,1H3,(H,12,15). The first kappa shape index (κ1) is 10.1. The van der Waals surface area contributed by atoms with Crippen LogP contribution >= 0.6 is 0 Å². The highest BCUT2D eigenvalue weighted by Gasteiger charge is 2.42. The fourth-order valence-corrected chi connectivity index (χ4v) is 2.41. The molecule has 1 aliphatic carbocycles. The maximum absolute atomic E-state index is 12.0. The number of nitrogens with one attached hydrogen (secondary N) is 1. The Morgan fingerprint density at radius 1 is 1.33 bits per heavy atom. The number of hydrogen-bond acceptors (Lipinski definition) is 3. The van der Waals surface area contributed by atoms with Gasteiger partial charge in [0.05, 0.1) is 5.41 Å². The van der Waals surface area contributed by atoms with Gasteiger partial charge in [0, 0.05) is 25.0 Å². The summed E-state index contributed by atoms with van der Waals surface area (Å²) in [6, 6.07) is 0. The van der Waals surface area contributed by atoms with Gasteiger partial charge in [0.2, 0.25) is 5.91 Å². The summed E-state index contributed by atoms with van der Waals surface area (Å²) >= 11 is 0. The Morgan fingerprint density at radius 3 is 2.47 bits per heavy atom. The van der Waals surface area contributed by atoms with E-state index in [0.29, 0.717) is 0 Å². The minimum atomic E-state index is -0.379. The highest BCUT2D eigenvalue weighted by molar-refractivity contribution is 5.88. The van der Waals surface area contributed by atoms with E-state index in [1.54, 1.807) is 19.4 Å². The van der Waals surface area contributed by atoms with E-state index < -0.39 is 0 Å². The Kier molecular flexibility index (Phi) is 2.66. The molecule has 0 unspecified atom stereocenters. The van der Waals surface area contributed by atoms with Crippen molar-refractivity contribution in [3.63, 3.8) is 0 Å². The van der Waals surface area contributed by atoms with E-state index in [2.05, 4.69) is 15.3 Å². The second-order valence-corrected chi connectivity index (χ2v) is 4.00. The molecular formula is C11H15N3O. The zero-order valence-corrected chi connectivity index (χ0v) is 8.86. The summed E-state index contributed by atoms with van der Waals surface area (Å²) in [7, 11) is 1.69. The molecule has 15 heavy (non-hydrogen) atoms. The minimum absolute atomic E-state index is 0.0924. The largest absolute Gasteiger partial charge is 0.358 e. The van der Waals surface area contributed by atoms with E-state index in [0.717, 1.165) is 31.2 Å². The van der Waals surface area contributed by atoms with Gasteiger partial charge in [-0.2, -0.15) is 0 Å². The first-order valence-electron chi connectivity index (χ1n) is 5.27. The van der Waals surface area contributed by atoms with Crippen molar-refractivity contribution in [3.8, 4) is 0 Å². The highest BCUT2D eigenvalue weighted by Crippen LogP contribution is 2.40. The van der Waals surface area contributed by atoms with Crippen LogP contribution in [0.2, 0.25) is 0 Å². The molecule has 0 radical (unpaired) electrons. The zero-order chi connectivity index (χ0) is 10.7. The molecule has 1 amide bonds. The molecule has 0 saturated heterocycles. The van der Waals surface area contributed by atoms with Crippen molar-refractivity contribution in [1.82, 2.24) is 15.3 Å². The van der Waals surface area contributed by atoms with Crippen molar-refractivity contribution in [2.45, 2.75) is 31.1 Å². The van der Waals surface area contributed by atoms with Crippen LogP contribution in [0.3, 0.4) is 0 Å². The molecule has 1 aromatic rings. The van der Waals surface area contributed by atoms with Gasteiger partial charge in [0.1, 0.15) is 6.33 Å². The minimum Gasteiger partial charge on any atom is -0.358 e. The summed E-state index contributed by atoms with van der Waals surface area (Å²) in [5.74, 6) is 0.0924. The van der Waals surface area contributed by atoms with Crippen LogP contribution in [0.25, 0.3) is 0 Å². The smallest absolute Gasteiger partial charge is 0.230 e. The lowest BCUT2D eigenvalue weighted by molar-refractivity contribution is -0.126. The van der Waals surface area contributed by atoms with Gasteiger partial charge in [-0.3, -0.25) is 4.79 Å². The fourth-order valence-electron chi connectivity index (χ4n) is 2.41. The van der Waals surface area contributed by atoms with Crippen molar-refractivity contribution < 1.29 is 4.79 Å². The Bertz CT molecular complexity index is 344. The second-order valence-electron chi connectivity index (χ2n) is 4.00. The first-order valence-corrected chi connectivity index (χ1v) is 5.27. The number of likely N-dealkylation sites (N-methyl/N-ethyl adjacent to an activating group) is 1. The summed E-state index contributed by atoms with van der Waals surface area (Å²) < 4.78 is 0. The van der Waals surface area contributed by atoms with Gasteiger partial charge in [0.25, 0.3) is 0 Å².